The van der Waals surface area contributed by atoms with Gasteiger partial charge in [0, 0.05) is 0 Å². The molecule has 0 heterocycles. The van der Waals surface area contributed by atoms with Gasteiger partial charge in [-0.25, -0.2) is 4.79 Å². The van der Waals surface area contributed by atoms with Crippen LogP contribution < -0.4 is 11.1 Å². The smallest absolute Gasteiger partial charge is 0.326 e. The average Bonchev–Trinajstić information content (AvgIpc) is 2.10. The number of hydrogen-bond donors (Lipinski definition) is 4. The molecule has 0 radical (unpaired) electrons. The first-order valence-electron chi connectivity index (χ1n) is 4.92. The SMILES string of the molecule is CC(C)OC(=N)N[C@@H](CCCN)C(=O)O.Cl.Cl. The number of nitrogens with one attached hydrogen (secondary N) is 2. The average molecular weight is 290 g/mol. The zero-order valence-corrected chi connectivity index (χ0v) is 11.6. The van der Waals surface area contributed by atoms with E-state index in [-0.39, 0.29) is 36.9 Å². The Labute approximate surface area is 114 Å². The van der Waals surface area contributed by atoms with Crippen LogP contribution in [0.25, 0.3) is 0 Å². The minimum Gasteiger partial charge on any atom is -0.480 e. The van der Waals surface area contributed by atoms with Crippen LogP contribution in [-0.4, -0.2) is 35.8 Å². The minimum absolute atomic E-state index is 0. The molecular formula is C9H21Cl2N3O3. The van der Waals surface area contributed by atoms with Gasteiger partial charge < -0.3 is 20.9 Å². The second kappa shape index (κ2) is 11.8. The molecule has 0 aliphatic heterocycles. The molecule has 0 saturated heterocycles. The summed E-state index contributed by atoms with van der Waals surface area (Å²) in [4.78, 5) is 10.8. The predicted molar refractivity (Wildman–Crippen MR) is 71.3 cm³/mol. The molecule has 0 spiro atoms. The number of rotatable bonds is 6. The Kier molecular flexibility index (Phi) is 14.9. The number of nitrogens with two attached hydrogens (primary N) is 1. The van der Waals surface area contributed by atoms with Crippen LogP contribution in [0.1, 0.15) is 26.7 Å². The summed E-state index contributed by atoms with van der Waals surface area (Å²) < 4.78 is 4.99. The van der Waals surface area contributed by atoms with Gasteiger partial charge in [-0.2, -0.15) is 0 Å². The fourth-order valence-electron chi connectivity index (χ4n) is 1.01. The van der Waals surface area contributed by atoms with Crippen LogP contribution in [0.4, 0.5) is 0 Å². The van der Waals surface area contributed by atoms with Crippen molar-refractivity contribution in [2.24, 2.45) is 5.73 Å². The number of amidine groups is 1. The predicted octanol–water partition coefficient (Wildman–Crippen LogP) is 0.971. The molecule has 0 aliphatic rings. The molecule has 0 aromatic rings. The molecule has 0 amide bonds. The highest BCUT2D eigenvalue weighted by molar-refractivity contribution is 5.85. The van der Waals surface area contributed by atoms with Crippen LogP contribution in [0.3, 0.4) is 0 Å². The molecule has 0 aromatic heterocycles. The van der Waals surface area contributed by atoms with Gasteiger partial charge in [-0.1, -0.05) is 0 Å². The Morgan fingerprint density at radius 3 is 2.35 bits per heavy atom. The molecule has 0 fully saturated rings. The van der Waals surface area contributed by atoms with Crippen LogP contribution in [-0.2, 0) is 9.53 Å². The van der Waals surface area contributed by atoms with E-state index in [4.69, 9.17) is 21.0 Å². The van der Waals surface area contributed by atoms with Gasteiger partial charge in [-0.3, -0.25) is 5.41 Å². The van der Waals surface area contributed by atoms with Crippen molar-refractivity contribution < 1.29 is 14.6 Å². The third kappa shape index (κ3) is 11.5. The van der Waals surface area contributed by atoms with Gasteiger partial charge in [0.05, 0.1) is 6.10 Å². The second-order valence-corrected chi connectivity index (χ2v) is 3.46. The van der Waals surface area contributed by atoms with Crippen molar-refractivity contribution in [1.82, 2.24) is 5.32 Å². The van der Waals surface area contributed by atoms with E-state index in [1.54, 1.807) is 13.8 Å². The topological polar surface area (TPSA) is 108 Å². The Hall–Kier alpha value is -0.720. The van der Waals surface area contributed by atoms with Gasteiger partial charge in [0.15, 0.2) is 0 Å². The van der Waals surface area contributed by atoms with Gasteiger partial charge in [0.1, 0.15) is 6.04 Å². The molecule has 0 aliphatic carbocycles. The summed E-state index contributed by atoms with van der Waals surface area (Å²) in [5, 5.41) is 18.7. The number of ether oxygens (including phenoxy) is 1. The number of carboxylic acids is 1. The lowest BCUT2D eigenvalue weighted by atomic mass is 10.1. The van der Waals surface area contributed by atoms with E-state index in [2.05, 4.69) is 5.32 Å². The normalized spacial score (nSPS) is 10.8. The lowest BCUT2D eigenvalue weighted by molar-refractivity contribution is -0.139. The Bertz CT molecular complexity index is 228. The van der Waals surface area contributed by atoms with E-state index in [1.807, 2.05) is 0 Å². The van der Waals surface area contributed by atoms with E-state index in [0.717, 1.165) is 0 Å². The molecular weight excluding hydrogens is 269 g/mol. The van der Waals surface area contributed by atoms with E-state index in [9.17, 15) is 4.79 Å². The first-order valence-corrected chi connectivity index (χ1v) is 4.92. The quantitative estimate of drug-likeness (QED) is 0.430. The van der Waals surface area contributed by atoms with Crippen molar-refractivity contribution in [2.45, 2.75) is 38.8 Å². The molecule has 5 N–H and O–H groups in total. The molecule has 0 rings (SSSR count). The Balaban J connectivity index is -0.000000980. The highest BCUT2D eigenvalue weighted by Crippen LogP contribution is 1.98. The third-order valence-corrected chi connectivity index (χ3v) is 1.65. The van der Waals surface area contributed by atoms with Crippen molar-refractivity contribution in [3.05, 3.63) is 0 Å². The maximum absolute atomic E-state index is 10.8. The number of aliphatic carboxylic acids is 1. The van der Waals surface area contributed by atoms with Crippen molar-refractivity contribution >= 4 is 36.8 Å². The zero-order chi connectivity index (χ0) is 11.8. The third-order valence-electron chi connectivity index (χ3n) is 1.65. The Morgan fingerprint density at radius 1 is 1.47 bits per heavy atom. The molecule has 0 unspecified atom stereocenters. The van der Waals surface area contributed by atoms with Gasteiger partial charge >= 0.3 is 5.97 Å². The molecule has 1 atom stereocenters. The molecule has 0 bridgehead atoms. The van der Waals surface area contributed by atoms with Gasteiger partial charge in [-0.15, -0.1) is 24.8 Å². The maximum Gasteiger partial charge on any atom is 0.326 e. The molecule has 17 heavy (non-hydrogen) atoms. The first-order chi connectivity index (χ1) is 6.97. The zero-order valence-electron chi connectivity index (χ0n) is 9.93. The first kappa shape index (κ1) is 21.6. The molecule has 0 aromatic carbocycles. The number of carboxylic acid groups (broad SMARTS) is 1. The summed E-state index contributed by atoms with van der Waals surface area (Å²) >= 11 is 0. The fraction of sp³-hybridized carbons (Fsp3) is 0.778. The summed E-state index contributed by atoms with van der Waals surface area (Å²) in [6.45, 7) is 3.97. The van der Waals surface area contributed by atoms with Crippen molar-refractivity contribution in [3.63, 3.8) is 0 Å². The van der Waals surface area contributed by atoms with Crippen LogP contribution in [0, 0.1) is 5.41 Å². The van der Waals surface area contributed by atoms with E-state index >= 15 is 0 Å². The maximum atomic E-state index is 10.8. The van der Waals surface area contributed by atoms with E-state index in [0.29, 0.717) is 19.4 Å². The molecule has 104 valence electrons. The Morgan fingerprint density at radius 2 is 2.00 bits per heavy atom. The summed E-state index contributed by atoms with van der Waals surface area (Å²) in [7, 11) is 0. The van der Waals surface area contributed by atoms with Gasteiger partial charge in [-0.05, 0) is 33.2 Å². The second-order valence-electron chi connectivity index (χ2n) is 3.46. The minimum atomic E-state index is -0.999. The summed E-state index contributed by atoms with van der Waals surface area (Å²) in [5.74, 6) is -0.999. The highest BCUT2D eigenvalue weighted by Gasteiger charge is 2.18. The van der Waals surface area contributed by atoms with E-state index < -0.39 is 12.0 Å². The standard InChI is InChI=1S/C9H19N3O3.2ClH/c1-6(2)15-9(11)12-7(8(13)14)4-3-5-10;;/h6-7H,3-5,10H2,1-2H3,(H2,11,12)(H,13,14);2*1H/t7-;;/m0../s1. The van der Waals surface area contributed by atoms with Crippen LogP contribution in [0.2, 0.25) is 0 Å². The molecule has 8 heteroatoms. The van der Waals surface area contributed by atoms with Crippen molar-refractivity contribution in [3.8, 4) is 0 Å². The van der Waals surface area contributed by atoms with Gasteiger partial charge in [0.2, 0.25) is 0 Å². The lowest BCUT2D eigenvalue weighted by Gasteiger charge is -2.17. The summed E-state index contributed by atoms with van der Waals surface area (Å²) in [5.41, 5.74) is 5.28. The van der Waals surface area contributed by atoms with Crippen molar-refractivity contribution in [1.29, 1.82) is 5.41 Å². The molecule has 6 nitrogen and oxygen atoms in total. The highest BCUT2D eigenvalue weighted by atomic mass is 35.5. The van der Waals surface area contributed by atoms with Crippen LogP contribution in [0.5, 0.6) is 0 Å². The largest absolute Gasteiger partial charge is 0.480 e. The van der Waals surface area contributed by atoms with Crippen LogP contribution >= 0.6 is 24.8 Å². The molecule has 0 saturated carbocycles. The number of hydrogen-bond acceptors (Lipinski definition) is 4. The van der Waals surface area contributed by atoms with Gasteiger partial charge in [0.25, 0.3) is 6.02 Å². The van der Waals surface area contributed by atoms with Crippen molar-refractivity contribution in [2.75, 3.05) is 6.54 Å². The number of carbonyl (C=O) groups is 1. The lowest BCUT2D eigenvalue weighted by Crippen LogP contribution is -2.42. The fourth-order valence-corrected chi connectivity index (χ4v) is 1.01. The summed E-state index contributed by atoms with van der Waals surface area (Å²) in [6.07, 6.45) is 0.836. The van der Waals surface area contributed by atoms with E-state index in [1.165, 1.54) is 0 Å². The van der Waals surface area contributed by atoms with Crippen LogP contribution in [0.15, 0.2) is 0 Å². The number of halogens is 2. The summed E-state index contributed by atoms with van der Waals surface area (Å²) in [6, 6.07) is -1.02. The monoisotopic (exact) mass is 289 g/mol.